The minimum Gasteiger partial charge on any atom is -0.481 e. The number of rotatable bonds is 14. The molecule has 236 valence electrons. The fraction of sp³-hybridized carbons (Fsp3) is 0.333. The molecule has 14 heteroatoms. The lowest BCUT2D eigenvalue weighted by molar-refractivity contribution is -0.137. The Labute approximate surface area is 261 Å². The molecule has 0 aliphatic carbocycles. The number of nitrogens with zero attached hydrogens (tertiary/aromatic N) is 2. The van der Waals surface area contributed by atoms with Gasteiger partial charge in [-0.3, -0.25) is 14.1 Å². The summed E-state index contributed by atoms with van der Waals surface area (Å²) in [6.07, 6.45) is -0.425. The van der Waals surface area contributed by atoms with Crippen LogP contribution in [-0.2, 0) is 34.5 Å². The number of aliphatic carboxylic acids is 1. The summed E-state index contributed by atoms with van der Waals surface area (Å²) in [6.45, 7) is 1.24. The summed E-state index contributed by atoms with van der Waals surface area (Å²) in [5.41, 5.74) is 2.72. The highest BCUT2D eigenvalue weighted by molar-refractivity contribution is 8.01. The van der Waals surface area contributed by atoms with Gasteiger partial charge in [-0.2, -0.15) is 8.42 Å². The number of thioether (sulfide) groups is 1. The van der Waals surface area contributed by atoms with Crippen LogP contribution in [0.15, 0.2) is 77.7 Å². The molecule has 0 aromatic heterocycles. The number of hydrogen-bond acceptors (Lipinski definition) is 9. The van der Waals surface area contributed by atoms with Crippen molar-refractivity contribution in [2.24, 2.45) is 0 Å². The monoisotopic (exact) mass is 662 g/mol. The standard InChI is InChI=1S/C30H34N2O9S3/c1-22-13-15-23(16-14-22)44(40,41)32(18-6-12-28(34)35)29(36)30(42-20-19-33)24-8-2-4-10-26(24)31(17-7-21-43(37,38)39)27-11-5-3-9-25(27)30/h2-5,8-11,13-16,33H,6-7,12,17-21H2,1H3,(H,34,35)(H,37,38,39). The Kier molecular flexibility index (Phi) is 10.4. The van der Waals surface area contributed by atoms with E-state index < -0.39 is 49.1 Å². The minimum atomic E-state index is -4.47. The molecule has 0 spiro atoms. The van der Waals surface area contributed by atoms with E-state index in [1.54, 1.807) is 67.6 Å². The summed E-state index contributed by atoms with van der Waals surface area (Å²) in [4.78, 5) is 28.1. The topological polar surface area (TPSA) is 170 Å². The molecule has 1 aliphatic rings. The van der Waals surface area contributed by atoms with Crippen LogP contribution < -0.4 is 4.90 Å². The number of aryl methyl sites for hydroxylation is 1. The molecule has 44 heavy (non-hydrogen) atoms. The number of carbonyl (C=O) groups is 2. The summed E-state index contributed by atoms with van der Waals surface area (Å²) >= 11 is 1.07. The van der Waals surface area contributed by atoms with Gasteiger partial charge in [0, 0.05) is 47.8 Å². The van der Waals surface area contributed by atoms with Crippen LogP contribution in [-0.4, -0.2) is 79.0 Å². The Hall–Kier alpha value is -3.43. The van der Waals surface area contributed by atoms with Crippen LogP contribution in [0, 0.1) is 6.92 Å². The maximum Gasteiger partial charge on any atom is 0.303 e. The van der Waals surface area contributed by atoms with Crippen molar-refractivity contribution in [2.75, 3.05) is 36.1 Å². The van der Waals surface area contributed by atoms with Crippen molar-refractivity contribution >= 4 is 55.2 Å². The van der Waals surface area contributed by atoms with E-state index >= 15 is 4.79 Å². The molecule has 3 aromatic rings. The third-order valence-corrected chi connectivity index (χ3v) is 11.3. The molecule has 1 aliphatic heterocycles. The molecule has 0 bridgehead atoms. The Morgan fingerprint density at radius 2 is 1.45 bits per heavy atom. The van der Waals surface area contributed by atoms with E-state index in [0.717, 1.165) is 21.6 Å². The van der Waals surface area contributed by atoms with Gasteiger partial charge in [0.25, 0.3) is 26.0 Å². The number of aliphatic hydroxyl groups excluding tert-OH is 1. The van der Waals surface area contributed by atoms with Crippen molar-refractivity contribution in [1.82, 2.24) is 4.31 Å². The van der Waals surface area contributed by atoms with Gasteiger partial charge in [0.1, 0.15) is 4.75 Å². The number of benzene rings is 3. The SMILES string of the molecule is Cc1ccc(S(=O)(=O)N(CCCC(=O)O)C(=O)C2(SCCO)c3ccccc3N(CCCS(=O)(=O)O)c3ccccc32)cc1. The third kappa shape index (κ3) is 6.94. The Balaban J connectivity index is 1.94. The van der Waals surface area contributed by atoms with Crippen molar-refractivity contribution in [2.45, 2.75) is 35.8 Å². The summed E-state index contributed by atoms with van der Waals surface area (Å²) in [5, 5.41) is 19.2. The van der Waals surface area contributed by atoms with Gasteiger partial charge in [0.2, 0.25) is 0 Å². The van der Waals surface area contributed by atoms with Crippen molar-refractivity contribution in [3.8, 4) is 0 Å². The summed E-state index contributed by atoms with van der Waals surface area (Å²) < 4.78 is 59.6. The second kappa shape index (κ2) is 13.7. The van der Waals surface area contributed by atoms with E-state index in [2.05, 4.69) is 0 Å². The highest BCUT2D eigenvalue weighted by Crippen LogP contribution is 2.56. The predicted octanol–water partition coefficient (Wildman–Crippen LogP) is 3.78. The van der Waals surface area contributed by atoms with Crippen molar-refractivity contribution < 1.29 is 41.2 Å². The lowest BCUT2D eigenvalue weighted by atomic mass is 9.83. The molecule has 0 atom stereocenters. The minimum absolute atomic E-state index is 0.0602. The lowest BCUT2D eigenvalue weighted by Crippen LogP contribution is -2.51. The van der Waals surface area contributed by atoms with Crippen LogP contribution in [0.25, 0.3) is 0 Å². The maximum atomic E-state index is 15.0. The molecule has 3 N–H and O–H groups in total. The Morgan fingerprint density at radius 1 is 0.886 bits per heavy atom. The number of hydrogen-bond donors (Lipinski definition) is 3. The first-order valence-electron chi connectivity index (χ1n) is 13.8. The zero-order valence-electron chi connectivity index (χ0n) is 24.0. The van der Waals surface area contributed by atoms with Crippen LogP contribution in [0.5, 0.6) is 0 Å². The van der Waals surface area contributed by atoms with Crippen LogP contribution >= 0.6 is 11.8 Å². The zero-order chi connectivity index (χ0) is 32.1. The van der Waals surface area contributed by atoms with Gasteiger partial charge in [0.05, 0.1) is 17.3 Å². The summed E-state index contributed by atoms with van der Waals surface area (Å²) in [6, 6.07) is 19.8. The van der Waals surface area contributed by atoms with E-state index in [1.807, 2.05) is 4.90 Å². The van der Waals surface area contributed by atoms with Crippen LogP contribution in [0.4, 0.5) is 11.4 Å². The molecule has 0 radical (unpaired) electrons. The van der Waals surface area contributed by atoms with Gasteiger partial charge < -0.3 is 15.1 Å². The predicted molar refractivity (Wildman–Crippen MR) is 168 cm³/mol. The second-order valence-corrected chi connectivity index (χ2v) is 15.0. The van der Waals surface area contributed by atoms with Gasteiger partial charge in [0.15, 0.2) is 0 Å². The number of carboxylic acid groups (broad SMARTS) is 1. The largest absolute Gasteiger partial charge is 0.481 e. The van der Waals surface area contributed by atoms with Gasteiger partial charge in [-0.15, -0.1) is 11.8 Å². The molecule has 1 amide bonds. The summed E-state index contributed by atoms with van der Waals surface area (Å²) in [7, 11) is -8.70. The molecule has 0 fully saturated rings. The number of fused-ring (bicyclic) bond motifs is 2. The van der Waals surface area contributed by atoms with Crippen LogP contribution in [0.2, 0.25) is 0 Å². The maximum absolute atomic E-state index is 15.0. The van der Waals surface area contributed by atoms with Crippen molar-refractivity contribution in [3.63, 3.8) is 0 Å². The fourth-order valence-corrected chi connectivity index (χ4v) is 8.60. The number of para-hydroxylation sites is 2. The highest BCUT2D eigenvalue weighted by Gasteiger charge is 2.53. The van der Waals surface area contributed by atoms with E-state index in [1.165, 1.54) is 12.1 Å². The van der Waals surface area contributed by atoms with E-state index in [-0.39, 0.29) is 43.1 Å². The van der Waals surface area contributed by atoms with Crippen molar-refractivity contribution in [1.29, 1.82) is 0 Å². The highest BCUT2D eigenvalue weighted by atomic mass is 32.2. The quantitative estimate of drug-likeness (QED) is 0.215. The first-order valence-corrected chi connectivity index (χ1v) is 17.9. The molecule has 3 aromatic carbocycles. The second-order valence-electron chi connectivity index (χ2n) is 10.3. The number of aliphatic hydroxyl groups is 1. The van der Waals surface area contributed by atoms with Crippen LogP contribution in [0.1, 0.15) is 36.0 Å². The molecule has 11 nitrogen and oxygen atoms in total. The first kappa shape index (κ1) is 33.5. The molecule has 0 saturated heterocycles. The fourth-order valence-electron chi connectivity index (χ4n) is 5.30. The third-order valence-electron chi connectivity index (χ3n) is 7.23. The number of sulfonamides is 1. The van der Waals surface area contributed by atoms with Crippen molar-refractivity contribution in [3.05, 3.63) is 89.5 Å². The van der Waals surface area contributed by atoms with Gasteiger partial charge >= 0.3 is 5.97 Å². The first-order chi connectivity index (χ1) is 20.8. The van der Waals surface area contributed by atoms with Gasteiger partial charge in [-0.05, 0) is 44.0 Å². The molecule has 0 unspecified atom stereocenters. The average molecular weight is 663 g/mol. The molecular formula is C30H34N2O9S3. The Morgan fingerprint density at radius 3 is 1.98 bits per heavy atom. The molecule has 0 saturated carbocycles. The average Bonchev–Trinajstić information content (AvgIpc) is 2.98. The van der Waals surface area contributed by atoms with E-state index in [0.29, 0.717) is 22.5 Å². The zero-order valence-corrected chi connectivity index (χ0v) is 26.4. The van der Waals surface area contributed by atoms with Gasteiger partial charge in [-0.1, -0.05) is 54.1 Å². The van der Waals surface area contributed by atoms with E-state index in [9.17, 15) is 36.4 Å². The number of carbonyl (C=O) groups excluding carboxylic acids is 1. The molecule has 4 rings (SSSR count). The van der Waals surface area contributed by atoms with Crippen LogP contribution in [0.3, 0.4) is 0 Å². The summed E-state index contributed by atoms with van der Waals surface area (Å²) in [5.74, 6) is -2.38. The number of carboxylic acids is 1. The number of amides is 1. The molecular weight excluding hydrogens is 629 g/mol. The lowest BCUT2D eigenvalue weighted by Gasteiger charge is -2.45. The Bertz CT molecular complexity index is 1680. The van der Waals surface area contributed by atoms with E-state index in [4.69, 9.17) is 0 Å². The smallest absolute Gasteiger partial charge is 0.303 e. The molecule has 1 heterocycles. The normalized spacial score (nSPS) is 14.0. The number of anilines is 2. The van der Waals surface area contributed by atoms with Gasteiger partial charge in [-0.25, -0.2) is 12.7 Å².